The molecule has 1 aromatic carbocycles. The van der Waals surface area contributed by atoms with Gasteiger partial charge in [0, 0.05) is 12.7 Å². The zero-order valence-corrected chi connectivity index (χ0v) is 8.08. The lowest BCUT2D eigenvalue weighted by Crippen LogP contribution is -2.27. The van der Waals surface area contributed by atoms with Crippen molar-refractivity contribution in [1.82, 2.24) is 20.6 Å². The first-order valence-corrected chi connectivity index (χ1v) is 4.35. The van der Waals surface area contributed by atoms with E-state index in [2.05, 4.69) is 20.6 Å². The van der Waals surface area contributed by atoms with Gasteiger partial charge in [0.05, 0.1) is 0 Å². The van der Waals surface area contributed by atoms with E-state index in [1.54, 1.807) is 7.05 Å². The fourth-order valence-electron chi connectivity index (χ4n) is 1.17. The predicted molar refractivity (Wildman–Crippen MR) is 53.4 cm³/mol. The Morgan fingerprint density at radius 3 is 2.67 bits per heavy atom. The number of amides is 1. The van der Waals surface area contributed by atoms with Crippen molar-refractivity contribution >= 4 is 11.6 Å². The number of carbonyl (C=O) groups excluding carboxylic acids is 1. The number of benzene rings is 1. The van der Waals surface area contributed by atoms with Crippen molar-refractivity contribution in [3.05, 3.63) is 36.2 Å². The molecule has 0 saturated carbocycles. The molecule has 1 N–H and O–H groups in total. The molecule has 0 fully saturated rings. The molecule has 1 amide bonds. The lowest BCUT2D eigenvalue weighted by molar-refractivity contribution is 0.0983. The number of hydrogen-bond acceptors (Lipinski definition) is 4. The molecule has 6 heteroatoms. The van der Waals surface area contributed by atoms with E-state index < -0.39 is 0 Å². The summed E-state index contributed by atoms with van der Waals surface area (Å²) in [7, 11) is 1.66. The van der Waals surface area contributed by atoms with E-state index in [1.165, 1.54) is 4.90 Å². The Hall–Kier alpha value is -2.24. The molecule has 0 aliphatic carbocycles. The van der Waals surface area contributed by atoms with Gasteiger partial charge in [-0.05, 0) is 17.3 Å². The minimum atomic E-state index is -0.296. The Kier molecular flexibility index (Phi) is 2.40. The number of tetrazole rings is 1. The van der Waals surface area contributed by atoms with Crippen LogP contribution in [0.4, 0.5) is 5.69 Å². The third-order valence-corrected chi connectivity index (χ3v) is 1.98. The van der Waals surface area contributed by atoms with Gasteiger partial charge < -0.3 is 4.90 Å². The van der Waals surface area contributed by atoms with Crippen LogP contribution in [0.2, 0.25) is 0 Å². The summed E-state index contributed by atoms with van der Waals surface area (Å²) >= 11 is 0. The van der Waals surface area contributed by atoms with Crippen molar-refractivity contribution in [2.24, 2.45) is 0 Å². The molecule has 1 heterocycles. The molecule has 6 nitrogen and oxygen atoms in total. The highest BCUT2D eigenvalue weighted by atomic mass is 16.2. The lowest BCUT2D eigenvalue weighted by atomic mass is 10.3. The van der Waals surface area contributed by atoms with Gasteiger partial charge in [0.25, 0.3) is 11.7 Å². The Bertz CT molecular complexity index is 439. The number of H-pyrrole nitrogens is 1. The fourth-order valence-corrected chi connectivity index (χ4v) is 1.17. The molecule has 0 aliphatic heterocycles. The quantitative estimate of drug-likeness (QED) is 0.770. The predicted octanol–water partition coefficient (Wildman–Crippen LogP) is 0.476. The van der Waals surface area contributed by atoms with E-state index in [9.17, 15) is 4.79 Å². The first kappa shape index (κ1) is 9.32. The maximum absolute atomic E-state index is 11.7. The average Bonchev–Trinajstić information content (AvgIpc) is 2.82. The molecule has 2 rings (SSSR count). The van der Waals surface area contributed by atoms with Gasteiger partial charge in [-0.15, -0.1) is 10.2 Å². The second kappa shape index (κ2) is 3.87. The van der Waals surface area contributed by atoms with E-state index >= 15 is 0 Å². The molecular weight excluding hydrogens is 194 g/mol. The first-order valence-electron chi connectivity index (χ1n) is 4.35. The van der Waals surface area contributed by atoms with E-state index in [0.29, 0.717) is 0 Å². The number of aromatic amines is 1. The van der Waals surface area contributed by atoms with Gasteiger partial charge in [0.1, 0.15) is 0 Å². The Morgan fingerprint density at radius 1 is 1.33 bits per heavy atom. The molecule has 0 unspecified atom stereocenters. The summed E-state index contributed by atoms with van der Waals surface area (Å²) in [6, 6.07) is 9.26. The van der Waals surface area contributed by atoms with Crippen LogP contribution >= 0.6 is 0 Å². The minimum Gasteiger partial charge on any atom is -0.309 e. The van der Waals surface area contributed by atoms with Gasteiger partial charge in [-0.25, -0.2) is 0 Å². The van der Waals surface area contributed by atoms with Gasteiger partial charge in [-0.1, -0.05) is 18.2 Å². The van der Waals surface area contributed by atoms with Gasteiger partial charge in [-0.2, -0.15) is 5.21 Å². The Balaban J connectivity index is 2.23. The van der Waals surface area contributed by atoms with E-state index in [0.717, 1.165) is 5.69 Å². The van der Waals surface area contributed by atoms with Gasteiger partial charge in [-0.3, -0.25) is 4.79 Å². The van der Waals surface area contributed by atoms with Crippen LogP contribution in [0.1, 0.15) is 10.6 Å². The maximum Gasteiger partial charge on any atom is 0.299 e. The average molecular weight is 203 g/mol. The summed E-state index contributed by atoms with van der Waals surface area (Å²) in [5.74, 6) is -0.240. The normalized spacial score (nSPS) is 9.93. The van der Waals surface area contributed by atoms with Gasteiger partial charge >= 0.3 is 0 Å². The van der Waals surface area contributed by atoms with Crippen molar-refractivity contribution in [2.75, 3.05) is 11.9 Å². The van der Waals surface area contributed by atoms with Crippen molar-refractivity contribution in [2.45, 2.75) is 0 Å². The second-order valence-electron chi connectivity index (χ2n) is 2.94. The summed E-state index contributed by atoms with van der Waals surface area (Å²) in [5, 5.41) is 12.8. The number of hydrogen-bond donors (Lipinski definition) is 1. The SMILES string of the molecule is CN(C(=O)c1nn[nH]n1)c1ccccc1. The van der Waals surface area contributed by atoms with E-state index in [4.69, 9.17) is 0 Å². The molecule has 0 saturated heterocycles. The molecule has 76 valence electrons. The molecule has 0 bridgehead atoms. The Labute approximate surface area is 85.9 Å². The van der Waals surface area contributed by atoms with Crippen LogP contribution in [-0.4, -0.2) is 33.6 Å². The zero-order valence-electron chi connectivity index (χ0n) is 8.08. The Morgan fingerprint density at radius 2 is 2.07 bits per heavy atom. The van der Waals surface area contributed by atoms with Crippen LogP contribution < -0.4 is 4.90 Å². The molecule has 2 aromatic rings. The van der Waals surface area contributed by atoms with Crippen LogP contribution in [0, 0.1) is 0 Å². The summed E-state index contributed by atoms with van der Waals surface area (Å²) < 4.78 is 0. The minimum absolute atomic E-state index is 0.0568. The number of para-hydroxylation sites is 1. The van der Waals surface area contributed by atoms with Crippen molar-refractivity contribution in [1.29, 1.82) is 0 Å². The number of aromatic nitrogens is 4. The standard InChI is InChI=1S/C9H9N5O/c1-14(7-5-3-2-4-6-7)9(15)8-10-12-13-11-8/h2-6H,1H3,(H,10,11,12,13). The number of carbonyl (C=O) groups is 1. The zero-order chi connectivity index (χ0) is 10.7. The fraction of sp³-hybridized carbons (Fsp3) is 0.111. The van der Waals surface area contributed by atoms with Crippen molar-refractivity contribution in [3.8, 4) is 0 Å². The topological polar surface area (TPSA) is 74.8 Å². The molecule has 1 aromatic heterocycles. The third-order valence-electron chi connectivity index (χ3n) is 1.98. The highest BCUT2D eigenvalue weighted by molar-refractivity contribution is 6.02. The number of anilines is 1. The molecule has 15 heavy (non-hydrogen) atoms. The second-order valence-corrected chi connectivity index (χ2v) is 2.94. The van der Waals surface area contributed by atoms with Crippen molar-refractivity contribution in [3.63, 3.8) is 0 Å². The molecule has 0 aliphatic rings. The van der Waals surface area contributed by atoms with Crippen LogP contribution in [0.25, 0.3) is 0 Å². The maximum atomic E-state index is 11.7. The molecule has 0 atom stereocenters. The largest absolute Gasteiger partial charge is 0.309 e. The summed E-state index contributed by atoms with van der Waals surface area (Å²) in [6.45, 7) is 0. The highest BCUT2D eigenvalue weighted by Gasteiger charge is 2.16. The molecule has 0 spiro atoms. The first-order chi connectivity index (χ1) is 7.29. The highest BCUT2D eigenvalue weighted by Crippen LogP contribution is 2.12. The van der Waals surface area contributed by atoms with Gasteiger partial charge in [0.2, 0.25) is 0 Å². The van der Waals surface area contributed by atoms with Crippen LogP contribution in [0.5, 0.6) is 0 Å². The van der Waals surface area contributed by atoms with Crippen LogP contribution in [0.15, 0.2) is 30.3 Å². The third kappa shape index (κ3) is 1.83. The number of nitrogens with zero attached hydrogens (tertiary/aromatic N) is 4. The lowest BCUT2D eigenvalue weighted by Gasteiger charge is -2.14. The van der Waals surface area contributed by atoms with E-state index in [1.807, 2.05) is 30.3 Å². The number of nitrogens with one attached hydrogen (secondary N) is 1. The summed E-state index contributed by atoms with van der Waals surface area (Å²) in [5.41, 5.74) is 0.785. The monoisotopic (exact) mass is 203 g/mol. The number of rotatable bonds is 2. The summed E-state index contributed by atoms with van der Waals surface area (Å²) in [4.78, 5) is 13.2. The smallest absolute Gasteiger partial charge is 0.299 e. The summed E-state index contributed by atoms with van der Waals surface area (Å²) in [6.07, 6.45) is 0. The molecule has 0 radical (unpaired) electrons. The van der Waals surface area contributed by atoms with Crippen molar-refractivity contribution < 1.29 is 4.79 Å². The molecular formula is C9H9N5O. The van der Waals surface area contributed by atoms with E-state index in [-0.39, 0.29) is 11.7 Å². The van der Waals surface area contributed by atoms with Crippen LogP contribution in [-0.2, 0) is 0 Å². The van der Waals surface area contributed by atoms with Crippen LogP contribution in [0.3, 0.4) is 0 Å². The van der Waals surface area contributed by atoms with Gasteiger partial charge in [0.15, 0.2) is 0 Å².